The van der Waals surface area contributed by atoms with E-state index in [1.165, 1.54) is 12.0 Å². The highest BCUT2D eigenvalue weighted by Crippen LogP contribution is 2.19. The summed E-state index contributed by atoms with van der Waals surface area (Å²) in [5, 5.41) is 5.32. The summed E-state index contributed by atoms with van der Waals surface area (Å²) in [7, 11) is 4.81. The van der Waals surface area contributed by atoms with Crippen LogP contribution in [-0.4, -0.2) is 51.1 Å². The van der Waals surface area contributed by atoms with Crippen LogP contribution in [0.1, 0.15) is 10.4 Å². The second-order valence-corrected chi connectivity index (χ2v) is 4.34. The van der Waals surface area contributed by atoms with Crippen molar-refractivity contribution >= 4 is 17.6 Å². The van der Waals surface area contributed by atoms with Gasteiger partial charge in [0, 0.05) is 32.9 Å². The standard InChI is InChI=1S/C13H20N4O3/c1-17(2)13(19)16-7-6-15-12(18)10-8-9(20-3)4-5-11(10)14/h4-5,8H,6-7,14H2,1-3H3,(H,15,18)(H,16,19). The second kappa shape index (κ2) is 7.22. The molecule has 3 amide bonds. The van der Waals surface area contributed by atoms with E-state index < -0.39 is 0 Å². The van der Waals surface area contributed by atoms with Crippen molar-refractivity contribution in [1.29, 1.82) is 0 Å². The molecule has 110 valence electrons. The van der Waals surface area contributed by atoms with Gasteiger partial charge in [0.2, 0.25) is 0 Å². The van der Waals surface area contributed by atoms with E-state index in [2.05, 4.69) is 10.6 Å². The van der Waals surface area contributed by atoms with Gasteiger partial charge < -0.3 is 26.0 Å². The van der Waals surface area contributed by atoms with Crippen molar-refractivity contribution < 1.29 is 14.3 Å². The lowest BCUT2D eigenvalue weighted by molar-refractivity contribution is 0.0954. The van der Waals surface area contributed by atoms with Crippen molar-refractivity contribution in [3.8, 4) is 5.75 Å². The van der Waals surface area contributed by atoms with Crippen LogP contribution in [0, 0.1) is 0 Å². The number of nitrogen functional groups attached to an aromatic ring is 1. The molecule has 0 unspecified atom stereocenters. The minimum atomic E-state index is -0.305. The third kappa shape index (κ3) is 4.34. The molecule has 7 heteroatoms. The fourth-order valence-electron chi connectivity index (χ4n) is 1.46. The van der Waals surface area contributed by atoms with Crippen LogP contribution in [0.3, 0.4) is 0 Å². The summed E-state index contributed by atoms with van der Waals surface area (Å²) in [6, 6.07) is 4.66. The predicted octanol–water partition coefficient (Wildman–Crippen LogP) is 0.278. The van der Waals surface area contributed by atoms with E-state index in [4.69, 9.17) is 10.5 Å². The lowest BCUT2D eigenvalue weighted by Gasteiger charge is -2.13. The van der Waals surface area contributed by atoms with Crippen LogP contribution < -0.4 is 21.1 Å². The molecular formula is C13H20N4O3. The number of carbonyl (C=O) groups excluding carboxylic acids is 2. The number of nitrogens with one attached hydrogen (secondary N) is 2. The summed E-state index contributed by atoms with van der Waals surface area (Å²) < 4.78 is 5.05. The first kappa shape index (κ1) is 15.6. The van der Waals surface area contributed by atoms with Crippen molar-refractivity contribution in [2.24, 2.45) is 0 Å². The van der Waals surface area contributed by atoms with E-state index >= 15 is 0 Å². The number of anilines is 1. The maximum absolute atomic E-state index is 11.9. The van der Waals surface area contributed by atoms with E-state index in [9.17, 15) is 9.59 Å². The Labute approximate surface area is 118 Å². The van der Waals surface area contributed by atoms with Gasteiger partial charge in [0.15, 0.2) is 0 Å². The zero-order chi connectivity index (χ0) is 15.1. The largest absolute Gasteiger partial charge is 0.497 e. The molecule has 0 heterocycles. The molecule has 1 aromatic rings. The first-order valence-electron chi connectivity index (χ1n) is 6.12. The molecule has 1 rings (SSSR count). The predicted molar refractivity (Wildman–Crippen MR) is 76.8 cm³/mol. The van der Waals surface area contributed by atoms with E-state index in [1.54, 1.807) is 32.3 Å². The molecule has 0 radical (unpaired) electrons. The second-order valence-electron chi connectivity index (χ2n) is 4.34. The summed E-state index contributed by atoms with van der Waals surface area (Å²) in [6.07, 6.45) is 0. The Balaban J connectivity index is 2.49. The van der Waals surface area contributed by atoms with Crippen LogP contribution in [0.25, 0.3) is 0 Å². The van der Waals surface area contributed by atoms with Crippen LogP contribution in [0.15, 0.2) is 18.2 Å². The molecule has 0 spiro atoms. The SMILES string of the molecule is COc1ccc(N)c(C(=O)NCCNC(=O)N(C)C)c1. The van der Waals surface area contributed by atoms with Crippen molar-refractivity contribution in [2.75, 3.05) is 40.0 Å². The van der Waals surface area contributed by atoms with Crippen LogP contribution >= 0.6 is 0 Å². The number of benzene rings is 1. The maximum Gasteiger partial charge on any atom is 0.316 e. The van der Waals surface area contributed by atoms with E-state index in [1.807, 2.05) is 0 Å². The first-order valence-corrected chi connectivity index (χ1v) is 6.12. The lowest BCUT2D eigenvalue weighted by Crippen LogP contribution is -2.39. The van der Waals surface area contributed by atoms with Gasteiger partial charge >= 0.3 is 6.03 Å². The Morgan fingerprint density at radius 2 is 1.90 bits per heavy atom. The topological polar surface area (TPSA) is 96.7 Å². The number of rotatable bonds is 5. The number of hydrogen-bond donors (Lipinski definition) is 3. The molecule has 0 atom stereocenters. The molecule has 7 nitrogen and oxygen atoms in total. The Hall–Kier alpha value is -2.44. The molecule has 1 aromatic carbocycles. The van der Waals surface area contributed by atoms with Crippen LogP contribution in [-0.2, 0) is 0 Å². The van der Waals surface area contributed by atoms with Gasteiger partial charge in [-0.2, -0.15) is 0 Å². The fourth-order valence-corrected chi connectivity index (χ4v) is 1.46. The van der Waals surface area contributed by atoms with Crippen LogP contribution in [0.2, 0.25) is 0 Å². The quantitative estimate of drug-likeness (QED) is 0.533. The molecule has 0 fully saturated rings. The Morgan fingerprint density at radius 3 is 2.50 bits per heavy atom. The molecule has 0 saturated heterocycles. The maximum atomic E-state index is 11.9. The highest BCUT2D eigenvalue weighted by molar-refractivity contribution is 5.99. The van der Waals surface area contributed by atoms with Crippen LogP contribution in [0.4, 0.5) is 10.5 Å². The molecule has 0 bridgehead atoms. The van der Waals surface area contributed by atoms with Crippen LogP contribution in [0.5, 0.6) is 5.75 Å². The third-order valence-electron chi connectivity index (χ3n) is 2.60. The fraction of sp³-hybridized carbons (Fsp3) is 0.385. The average Bonchev–Trinajstić information content (AvgIpc) is 2.43. The molecule has 20 heavy (non-hydrogen) atoms. The Kier molecular flexibility index (Phi) is 5.64. The van der Waals surface area contributed by atoms with E-state index in [-0.39, 0.29) is 11.9 Å². The lowest BCUT2D eigenvalue weighted by atomic mass is 10.1. The van der Waals surface area contributed by atoms with Gasteiger partial charge in [0.25, 0.3) is 5.91 Å². The summed E-state index contributed by atoms with van der Waals surface area (Å²) in [5.41, 5.74) is 6.47. The zero-order valence-electron chi connectivity index (χ0n) is 11.9. The summed E-state index contributed by atoms with van der Waals surface area (Å²) >= 11 is 0. The summed E-state index contributed by atoms with van der Waals surface area (Å²) in [4.78, 5) is 24.6. The number of nitrogens with two attached hydrogens (primary N) is 1. The Bertz CT molecular complexity index is 489. The van der Waals surface area contributed by atoms with Crippen molar-refractivity contribution in [3.63, 3.8) is 0 Å². The highest BCUT2D eigenvalue weighted by atomic mass is 16.5. The number of amides is 3. The Morgan fingerprint density at radius 1 is 1.25 bits per heavy atom. The monoisotopic (exact) mass is 280 g/mol. The van der Waals surface area contributed by atoms with Crippen molar-refractivity contribution in [2.45, 2.75) is 0 Å². The summed E-state index contributed by atoms with van der Waals surface area (Å²) in [5.74, 6) is 0.255. The van der Waals surface area contributed by atoms with Gasteiger partial charge in [-0.25, -0.2) is 4.79 Å². The highest BCUT2D eigenvalue weighted by Gasteiger charge is 2.10. The summed E-state index contributed by atoms with van der Waals surface area (Å²) in [6.45, 7) is 0.654. The smallest absolute Gasteiger partial charge is 0.316 e. The van der Waals surface area contributed by atoms with Gasteiger partial charge in [-0.3, -0.25) is 4.79 Å². The van der Waals surface area contributed by atoms with Gasteiger partial charge in [-0.15, -0.1) is 0 Å². The molecule has 4 N–H and O–H groups in total. The molecule has 0 saturated carbocycles. The van der Waals surface area contributed by atoms with Crippen molar-refractivity contribution in [3.05, 3.63) is 23.8 Å². The van der Waals surface area contributed by atoms with Gasteiger partial charge in [0.1, 0.15) is 5.75 Å². The van der Waals surface area contributed by atoms with Gasteiger partial charge in [0.05, 0.1) is 12.7 Å². The first-order chi connectivity index (χ1) is 9.45. The minimum Gasteiger partial charge on any atom is -0.497 e. The van der Waals surface area contributed by atoms with Crippen molar-refractivity contribution in [1.82, 2.24) is 15.5 Å². The average molecular weight is 280 g/mol. The number of nitrogens with zero attached hydrogens (tertiary/aromatic N) is 1. The molecule has 0 aromatic heterocycles. The number of urea groups is 1. The third-order valence-corrected chi connectivity index (χ3v) is 2.60. The number of methoxy groups -OCH3 is 1. The van der Waals surface area contributed by atoms with E-state index in [0.29, 0.717) is 30.1 Å². The van der Waals surface area contributed by atoms with E-state index in [0.717, 1.165) is 0 Å². The molecule has 0 aliphatic rings. The number of carbonyl (C=O) groups is 2. The number of ether oxygens (including phenoxy) is 1. The normalized spacial score (nSPS) is 9.75. The van der Waals surface area contributed by atoms with Gasteiger partial charge in [-0.05, 0) is 18.2 Å². The number of hydrogen-bond acceptors (Lipinski definition) is 4. The molecule has 0 aliphatic heterocycles. The van der Waals surface area contributed by atoms with Gasteiger partial charge in [-0.1, -0.05) is 0 Å². The minimum absolute atomic E-state index is 0.208. The zero-order valence-corrected chi connectivity index (χ0v) is 11.9. The molecular weight excluding hydrogens is 260 g/mol. The molecule has 0 aliphatic carbocycles.